The summed E-state index contributed by atoms with van der Waals surface area (Å²) in [6, 6.07) is 7.03. The van der Waals surface area contributed by atoms with Gasteiger partial charge < -0.3 is 9.84 Å². The summed E-state index contributed by atoms with van der Waals surface area (Å²) >= 11 is 3.32. The Morgan fingerprint density at radius 1 is 1.27 bits per heavy atom. The van der Waals surface area contributed by atoms with Gasteiger partial charge in [0.2, 0.25) is 5.88 Å². The number of rotatable bonds is 6. The molecule has 2 aromatic rings. The number of nitrogens with two attached hydrogens (primary N) is 1. The van der Waals surface area contributed by atoms with Gasteiger partial charge >= 0.3 is 0 Å². The van der Waals surface area contributed by atoms with E-state index in [1.54, 1.807) is 24.3 Å². The predicted octanol–water partition coefficient (Wildman–Crippen LogP) is 0.893. The summed E-state index contributed by atoms with van der Waals surface area (Å²) < 4.78 is 30.9. The van der Waals surface area contributed by atoms with Gasteiger partial charge in [-0.2, -0.15) is 8.42 Å². The molecule has 1 heterocycles. The summed E-state index contributed by atoms with van der Waals surface area (Å²) in [6.07, 6.45) is 1.14. The van der Waals surface area contributed by atoms with Gasteiger partial charge in [-0.25, -0.2) is 15.1 Å². The van der Waals surface area contributed by atoms with E-state index >= 15 is 0 Å². The molecule has 0 amide bonds. The van der Waals surface area contributed by atoms with E-state index in [0.29, 0.717) is 11.1 Å². The van der Waals surface area contributed by atoms with E-state index in [4.69, 9.17) is 15.0 Å². The first-order valence-corrected chi connectivity index (χ1v) is 8.40. The quantitative estimate of drug-likeness (QED) is 0.674. The lowest BCUT2D eigenvalue weighted by atomic mass is 10.1. The van der Waals surface area contributed by atoms with Crippen molar-refractivity contribution in [2.45, 2.75) is 0 Å². The van der Waals surface area contributed by atoms with Crippen molar-refractivity contribution in [2.75, 3.05) is 17.9 Å². The topological polar surface area (TPSA) is 127 Å². The van der Waals surface area contributed by atoms with Crippen LogP contribution in [0.5, 0.6) is 5.88 Å². The number of aliphatic hydroxyl groups excluding tert-OH is 1. The third-order valence-corrected chi connectivity index (χ3v) is 3.52. The first kappa shape index (κ1) is 16.6. The number of aliphatic hydroxyl groups is 1. The number of anilines is 1. The Morgan fingerprint density at radius 2 is 1.95 bits per heavy atom. The molecule has 22 heavy (non-hydrogen) atoms. The third-order valence-electron chi connectivity index (χ3n) is 2.51. The lowest BCUT2D eigenvalue weighted by Gasteiger charge is -2.14. The van der Waals surface area contributed by atoms with Gasteiger partial charge in [0.25, 0.3) is 10.2 Å². The molecular formula is C12H13BrN4O4S. The molecule has 2 rings (SSSR count). The molecule has 0 aliphatic heterocycles. The largest absolute Gasteiger partial charge is 0.475 e. The highest BCUT2D eigenvalue weighted by atomic mass is 79.9. The fraction of sp³-hybridized carbons (Fsp3) is 0.167. The van der Waals surface area contributed by atoms with Crippen LogP contribution in [-0.2, 0) is 10.2 Å². The van der Waals surface area contributed by atoms with E-state index in [2.05, 4.69) is 30.6 Å². The Morgan fingerprint density at radius 3 is 2.55 bits per heavy atom. The molecule has 0 aliphatic rings. The zero-order valence-electron chi connectivity index (χ0n) is 11.2. The van der Waals surface area contributed by atoms with Crippen molar-refractivity contribution in [3.05, 3.63) is 35.1 Å². The van der Waals surface area contributed by atoms with Crippen molar-refractivity contribution >= 4 is 32.0 Å². The smallest absolute Gasteiger partial charge is 0.297 e. The van der Waals surface area contributed by atoms with E-state index < -0.39 is 10.2 Å². The number of benzene rings is 1. The van der Waals surface area contributed by atoms with Crippen LogP contribution in [0.15, 0.2) is 35.1 Å². The van der Waals surface area contributed by atoms with Crippen LogP contribution in [0.2, 0.25) is 0 Å². The van der Waals surface area contributed by atoms with Gasteiger partial charge in [0, 0.05) is 4.47 Å². The van der Waals surface area contributed by atoms with Crippen molar-refractivity contribution in [3.8, 4) is 17.0 Å². The molecule has 1 aromatic carbocycles. The molecule has 0 spiro atoms. The highest BCUT2D eigenvalue weighted by molar-refractivity contribution is 9.10. The second-order valence-corrected chi connectivity index (χ2v) is 6.34. The summed E-state index contributed by atoms with van der Waals surface area (Å²) in [4.78, 5) is 7.87. The molecule has 10 heteroatoms. The monoisotopic (exact) mass is 388 g/mol. The summed E-state index contributed by atoms with van der Waals surface area (Å²) in [6.45, 7) is -0.197. The number of aromatic nitrogens is 2. The van der Waals surface area contributed by atoms with Crippen LogP contribution in [0, 0.1) is 0 Å². The van der Waals surface area contributed by atoms with Gasteiger partial charge in [-0.3, -0.25) is 4.72 Å². The molecule has 118 valence electrons. The first-order valence-electron chi connectivity index (χ1n) is 6.06. The van der Waals surface area contributed by atoms with Crippen LogP contribution in [0.25, 0.3) is 11.1 Å². The summed E-state index contributed by atoms with van der Waals surface area (Å²) in [5.74, 6) is 0.130. The molecule has 8 nitrogen and oxygen atoms in total. The fourth-order valence-corrected chi connectivity index (χ4v) is 2.40. The molecule has 0 fully saturated rings. The second kappa shape index (κ2) is 7.01. The van der Waals surface area contributed by atoms with Crippen LogP contribution in [0.3, 0.4) is 0 Å². The Bertz CT molecular complexity index is 752. The molecule has 4 N–H and O–H groups in total. The average molecular weight is 389 g/mol. The Kier molecular flexibility index (Phi) is 5.29. The van der Waals surface area contributed by atoms with Crippen molar-refractivity contribution in [1.82, 2.24) is 9.97 Å². The highest BCUT2D eigenvalue weighted by Gasteiger charge is 2.17. The van der Waals surface area contributed by atoms with E-state index in [0.717, 1.165) is 10.8 Å². The summed E-state index contributed by atoms with van der Waals surface area (Å²) in [5.41, 5.74) is 0.959. The van der Waals surface area contributed by atoms with Gasteiger partial charge in [-0.05, 0) is 17.7 Å². The maximum Gasteiger partial charge on any atom is 0.297 e. The minimum atomic E-state index is -4.01. The first-order chi connectivity index (χ1) is 10.4. The van der Waals surface area contributed by atoms with Crippen LogP contribution in [-0.4, -0.2) is 36.7 Å². The van der Waals surface area contributed by atoms with Crippen LogP contribution in [0.1, 0.15) is 0 Å². The van der Waals surface area contributed by atoms with Gasteiger partial charge in [0.05, 0.1) is 12.2 Å². The third kappa shape index (κ3) is 4.37. The lowest BCUT2D eigenvalue weighted by molar-refractivity contribution is 0.197. The van der Waals surface area contributed by atoms with Crippen molar-refractivity contribution in [1.29, 1.82) is 0 Å². The highest BCUT2D eigenvalue weighted by Crippen LogP contribution is 2.34. The molecule has 0 saturated heterocycles. The van der Waals surface area contributed by atoms with Gasteiger partial charge in [-0.1, -0.05) is 28.1 Å². The van der Waals surface area contributed by atoms with Crippen LogP contribution in [0.4, 0.5) is 5.82 Å². The number of nitrogens with zero attached hydrogens (tertiary/aromatic N) is 2. The SMILES string of the molecule is NS(=O)(=O)Nc1ncnc(OCCO)c1-c1ccc(Br)cc1. The summed E-state index contributed by atoms with van der Waals surface area (Å²) in [5, 5.41) is 13.9. The van der Waals surface area contributed by atoms with E-state index in [9.17, 15) is 8.42 Å². The van der Waals surface area contributed by atoms with Crippen LogP contribution < -0.4 is 14.6 Å². The Labute approximate surface area is 135 Å². The summed E-state index contributed by atoms with van der Waals surface area (Å²) in [7, 11) is -4.01. The number of hydrogen-bond donors (Lipinski definition) is 3. The maximum atomic E-state index is 11.3. The Balaban J connectivity index is 2.56. The number of nitrogens with one attached hydrogen (secondary N) is 1. The lowest BCUT2D eigenvalue weighted by Crippen LogP contribution is -2.23. The van der Waals surface area contributed by atoms with Crippen molar-refractivity contribution in [3.63, 3.8) is 0 Å². The van der Waals surface area contributed by atoms with Gasteiger partial charge in [-0.15, -0.1) is 0 Å². The zero-order valence-corrected chi connectivity index (χ0v) is 13.6. The molecule has 1 aromatic heterocycles. The predicted molar refractivity (Wildman–Crippen MR) is 84.5 cm³/mol. The van der Waals surface area contributed by atoms with Gasteiger partial charge in [0.1, 0.15) is 12.9 Å². The molecule has 0 unspecified atom stereocenters. The standard InChI is InChI=1S/C12H13BrN4O4S/c13-9-3-1-8(2-4-9)10-11(17-22(14,19)20)15-7-16-12(10)21-6-5-18/h1-4,7,18H,5-6H2,(H2,14,19,20)(H,15,16,17). The second-order valence-electron chi connectivity index (χ2n) is 4.13. The van der Waals surface area contributed by atoms with E-state index in [1.807, 2.05) is 0 Å². The average Bonchev–Trinajstić information content (AvgIpc) is 2.45. The normalized spacial score (nSPS) is 11.2. The van der Waals surface area contributed by atoms with Crippen LogP contribution >= 0.6 is 15.9 Å². The minimum absolute atomic E-state index is 0.00670. The maximum absolute atomic E-state index is 11.3. The number of halogens is 1. The molecule has 0 saturated carbocycles. The minimum Gasteiger partial charge on any atom is -0.475 e. The number of hydrogen-bond acceptors (Lipinski definition) is 6. The van der Waals surface area contributed by atoms with Crippen molar-refractivity contribution in [2.24, 2.45) is 5.14 Å². The van der Waals surface area contributed by atoms with E-state index in [-0.39, 0.29) is 24.9 Å². The van der Waals surface area contributed by atoms with Gasteiger partial charge in [0.15, 0.2) is 5.82 Å². The fourth-order valence-electron chi connectivity index (χ4n) is 1.71. The zero-order chi connectivity index (χ0) is 16.2. The molecule has 0 radical (unpaired) electrons. The van der Waals surface area contributed by atoms with E-state index in [1.165, 1.54) is 0 Å². The molecule has 0 bridgehead atoms. The van der Waals surface area contributed by atoms with Crippen molar-refractivity contribution < 1.29 is 18.3 Å². The molecule has 0 aliphatic carbocycles. The Hall–Kier alpha value is -1.75. The number of ether oxygens (including phenoxy) is 1. The molecule has 0 atom stereocenters. The molecular weight excluding hydrogens is 376 g/mol.